The molecule has 214 valence electrons. The molecule has 0 saturated carbocycles. The van der Waals surface area contributed by atoms with Crippen LogP contribution in [0, 0.1) is 0 Å². The average Bonchev–Trinajstić information content (AvgIpc) is 2.92. The summed E-state index contributed by atoms with van der Waals surface area (Å²) < 4.78 is 0. The summed E-state index contributed by atoms with van der Waals surface area (Å²) in [6, 6.07) is 28.9. The van der Waals surface area contributed by atoms with E-state index in [-0.39, 0.29) is 45.6 Å². The summed E-state index contributed by atoms with van der Waals surface area (Å²) in [5.41, 5.74) is 2.18. The van der Waals surface area contributed by atoms with Crippen LogP contribution >= 0.6 is 0 Å². The Morgan fingerprint density at radius 2 is 0.825 bits per heavy atom. The van der Waals surface area contributed by atoms with Gasteiger partial charge in [0.1, 0.15) is 11.5 Å². The topological polar surface area (TPSA) is 140 Å². The van der Waals surface area contributed by atoms with E-state index in [1.165, 1.54) is 24.6 Å². The third-order valence-electron chi connectivity index (χ3n) is 5.30. The minimum Gasteiger partial charge on any atom is -0.507 e. The molecule has 0 aliphatic carbocycles. The molecule has 0 saturated heterocycles. The fourth-order valence-corrected chi connectivity index (χ4v) is 3.36. The van der Waals surface area contributed by atoms with E-state index in [1.807, 2.05) is 12.1 Å². The van der Waals surface area contributed by atoms with Crippen molar-refractivity contribution in [2.75, 3.05) is 0 Å². The van der Waals surface area contributed by atoms with Crippen molar-refractivity contribution < 1.29 is 64.2 Å². The summed E-state index contributed by atoms with van der Waals surface area (Å²) in [4.78, 5) is 30.5. The number of carboxylic acid groups (broad SMARTS) is 2. The van der Waals surface area contributed by atoms with Crippen LogP contribution in [0.3, 0.4) is 0 Å². The Morgan fingerprint density at radius 3 is 1.12 bits per heavy atom. The number of hydrogen-bond acceptors (Lipinski definition) is 6. The van der Waals surface area contributed by atoms with Crippen LogP contribution in [0.4, 0.5) is 0 Å². The number of hydrogen-bond donors (Lipinski definition) is 4. The molecule has 0 heterocycles. The molecule has 0 aliphatic rings. The summed E-state index contributed by atoms with van der Waals surface area (Å²) >= 11 is 0. The van der Waals surface area contributed by atoms with Gasteiger partial charge < -0.3 is 20.4 Å². The number of phenols is 2. The van der Waals surface area contributed by atoms with Gasteiger partial charge in [-0.1, -0.05) is 84.9 Å². The van der Waals surface area contributed by atoms with Gasteiger partial charge in [-0.3, -0.25) is 9.98 Å². The van der Waals surface area contributed by atoms with Crippen LogP contribution in [0.1, 0.15) is 34.3 Å². The second kappa shape index (κ2) is 17.4. The predicted molar refractivity (Wildman–Crippen MR) is 145 cm³/mol. The number of benzene rings is 4. The van der Waals surface area contributed by atoms with Crippen LogP contribution < -0.4 is 0 Å². The molecule has 2 atom stereocenters. The van der Waals surface area contributed by atoms with Gasteiger partial charge in [0.25, 0.3) is 0 Å². The number of rotatable bonds is 8. The van der Waals surface area contributed by atoms with Gasteiger partial charge in [0.05, 0.1) is 0 Å². The van der Waals surface area contributed by atoms with Crippen molar-refractivity contribution in [1.29, 1.82) is 0 Å². The molecule has 0 fully saturated rings. The van der Waals surface area contributed by atoms with E-state index in [0.29, 0.717) is 22.3 Å². The summed E-state index contributed by atoms with van der Waals surface area (Å²) in [6.07, 6.45) is 2.75. The Bertz CT molecular complexity index is 1310. The molecule has 8 nitrogen and oxygen atoms in total. The van der Waals surface area contributed by atoms with E-state index in [2.05, 4.69) is 9.98 Å². The van der Waals surface area contributed by atoms with Crippen LogP contribution in [0.2, 0.25) is 0 Å². The molecule has 0 amide bonds. The number of carbonyl (C=O) groups is 2. The number of carboxylic acids is 2. The van der Waals surface area contributed by atoms with Gasteiger partial charge in [-0.2, -0.15) is 0 Å². The molecule has 0 bridgehead atoms. The molecule has 0 unspecified atom stereocenters. The smallest absolute Gasteiger partial charge is 0.333 e. The molecule has 2 radical (unpaired) electrons. The molecule has 0 spiro atoms. The Kier molecular flexibility index (Phi) is 14.7. The second-order valence-electron chi connectivity index (χ2n) is 7.98. The summed E-state index contributed by atoms with van der Waals surface area (Å²) in [6.45, 7) is 0. The van der Waals surface area contributed by atoms with E-state index in [4.69, 9.17) is 0 Å². The van der Waals surface area contributed by atoms with Gasteiger partial charge >= 0.3 is 11.9 Å². The number of aromatic hydroxyl groups is 2. The fourth-order valence-electron chi connectivity index (χ4n) is 3.36. The van der Waals surface area contributed by atoms with Gasteiger partial charge in [-0.15, -0.1) is 0 Å². The average molecular weight is 638 g/mol. The quantitative estimate of drug-likeness (QED) is 0.153. The van der Waals surface area contributed by atoms with Gasteiger partial charge in [0.15, 0.2) is 12.1 Å². The molecule has 0 aliphatic heterocycles. The van der Waals surface area contributed by atoms with Crippen molar-refractivity contribution in [2.24, 2.45) is 9.98 Å². The zero-order valence-corrected chi connectivity index (χ0v) is 22.7. The first kappa shape index (κ1) is 33.8. The van der Waals surface area contributed by atoms with Gasteiger partial charge in [-0.25, -0.2) is 9.59 Å². The summed E-state index contributed by atoms with van der Waals surface area (Å²) in [5, 5.41) is 37.6. The standard InChI is InChI=1S/2C15H13NO3.2Cu/c2*17-13-9-5-4-8-12(13)10-16-14(15(18)19)11-6-2-1-3-7-11;;/h2*1-10,14,17H,(H,18,19);;/t2*14-;;/m11../s1. The Labute approximate surface area is 252 Å². The zero-order chi connectivity index (χ0) is 27.3. The molecule has 4 rings (SSSR count). The minimum atomic E-state index is -1.03. The van der Waals surface area contributed by atoms with Crippen molar-refractivity contribution in [3.8, 4) is 11.5 Å². The van der Waals surface area contributed by atoms with E-state index in [1.54, 1.807) is 84.9 Å². The first-order chi connectivity index (χ1) is 18.4. The van der Waals surface area contributed by atoms with E-state index >= 15 is 0 Å². The third-order valence-corrected chi connectivity index (χ3v) is 5.30. The van der Waals surface area contributed by atoms with E-state index < -0.39 is 24.0 Å². The maximum absolute atomic E-state index is 11.2. The first-order valence-electron chi connectivity index (χ1n) is 11.5. The minimum absolute atomic E-state index is 0. The van der Waals surface area contributed by atoms with Crippen molar-refractivity contribution >= 4 is 24.4 Å². The largest absolute Gasteiger partial charge is 0.507 e. The maximum Gasteiger partial charge on any atom is 0.333 e. The number of para-hydroxylation sites is 2. The Hall–Kier alpha value is -4.20. The van der Waals surface area contributed by atoms with Crippen LogP contribution in [-0.2, 0) is 43.7 Å². The van der Waals surface area contributed by atoms with E-state index in [9.17, 15) is 30.0 Å². The molecule has 10 heteroatoms. The summed E-state index contributed by atoms with van der Waals surface area (Å²) in [7, 11) is 0. The Morgan fingerprint density at radius 1 is 0.525 bits per heavy atom. The van der Waals surface area contributed by atoms with Crippen molar-refractivity contribution in [2.45, 2.75) is 12.1 Å². The first-order valence-corrected chi connectivity index (χ1v) is 11.5. The Balaban J connectivity index is 0.000000381. The van der Waals surface area contributed by atoms with Crippen LogP contribution in [0.5, 0.6) is 11.5 Å². The van der Waals surface area contributed by atoms with Gasteiger partial charge in [0, 0.05) is 57.7 Å². The van der Waals surface area contributed by atoms with Crippen LogP contribution in [-0.4, -0.2) is 44.8 Å². The van der Waals surface area contributed by atoms with Crippen molar-refractivity contribution in [3.05, 3.63) is 131 Å². The van der Waals surface area contributed by atoms with Crippen molar-refractivity contribution in [3.63, 3.8) is 0 Å². The van der Waals surface area contributed by atoms with Gasteiger partial charge in [0.2, 0.25) is 0 Å². The molecule has 4 aromatic carbocycles. The second-order valence-corrected chi connectivity index (χ2v) is 7.98. The fraction of sp³-hybridized carbons (Fsp3) is 0.0667. The molecular formula is C30H26Cu2N2O6. The molecule has 4 aromatic rings. The number of aliphatic imine (C=N–C) groups is 2. The monoisotopic (exact) mass is 636 g/mol. The van der Waals surface area contributed by atoms with Crippen LogP contribution in [0.25, 0.3) is 0 Å². The van der Waals surface area contributed by atoms with Crippen LogP contribution in [0.15, 0.2) is 119 Å². The summed E-state index contributed by atoms with van der Waals surface area (Å²) in [5.74, 6) is -1.91. The molecule has 4 N–H and O–H groups in total. The molecule has 0 aromatic heterocycles. The SMILES string of the molecule is O=C(O)[C@H](N=Cc1ccccc1O)c1ccccc1.O=C(O)[C@H](N=Cc1ccccc1O)c1ccccc1.[Cu].[Cu]. The number of phenolic OH excluding ortho intramolecular Hbond substituents is 2. The molecular weight excluding hydrogens is 611 g/mol. The van der Waals surface area contributed by atoms with Crippen molar-refractivity contribution in [1.82, 2.24) is 0 Å². The number of aliphatic carboxylic acids is 2. The number of nitrogens with zero attached hydrogens (tertiary/aromatic N) is 2. The zero-order valence-electron chi connectivity index (χ0n) is 20.8. The third kappa shape index (κ3) is 10.2. The maximum atomic E-state index is 11.2. The molecule has 40 heavy (non-hydrogen) atoms. The van der Waals surface area contributed by atoms with E-state index in [0.717, 1.165) is 0 Å². The predicted octanol–water partition coefficient (Wildman–Crippen LogP) is 5.27. The van der Waals surface area contributed by atoms with Gasteiger partial charge in [-0.05, 0) is 35.4 Å². The normalized spacial score (nSPS) is 11.8.